The quantitative estimate of drug-likeness (QED) is 0.595. The van der Waals surface area contributed by atoms with Gasteiger partial charge in [0.15, 0.2) is 0 Å². The number of rotatable bonds is 3. The van der Waals surface area contributed by atoms with Gasteiger partial charge in [-0.25, -0.2) is 4.98 Å². The van der Waals surface area contributed by atoms with Gasteiger partial charge in [-0.2, -0.15) is 10.1 Å². The lowest BCUT2D eigenvalue weighted by Gasteiger charge is -2.05. The van der Waals surface area contributed by atoms with Crippen molar-refractivity contribution < 1.29 is 9.63 Å². The van der Waals surface area contributed by atoms with Crippen molar-refractivity contribution in [1.29, 1.82) is 0 Å². The maximum Gasteiger partial charge on any atom is 0.241 e. The summed E-state index contributed by atoms with van der Waals surface area (Å²) in [5.74, 6) is 0.505. The molecule has 9 heteroatoms. The second-order valence-corrected chi connectivity index (χ2v) is 5.12. The van der Waals surface area contributed by atoms with Crippen molar-refractivity contribution in [3.8, 4) is 11.6 Å². The van der Waals surface area contributed by atoms with Crippen LogP contribution in [0.3, 0.4) is 0 Å². The highest BCUT2D eigenvalue weighted by atomic mass is 16.5. The zero-order valence-corrected chi connectivity index (χ0v) is 12.4. The van der Waals surface area contributed by atoms with E-state index < -0.39 is 0 Å². The van der Waals surface area contributed by atoms with E-state index in [-0.39, 0.29) is 11.8 Å². The molecular weight excluding hydrogens is 298 g/mol. The molecule has 0 unspecified atom stereocenters. The van der Waals surface area contributed by atoms with E-state index in [9.17, 15) is 5.11 Å². The molecule has 0 atom stereocenters. The Hall–Kier alpha value is -3.36. The third kappa shape index (κ3) is 2.27. The molecule has 116 valence electrons. The maximum atomic E-state index is 10.3. The normalized spacial score (nSPS) is 11.2. The molecule has 2 N–H and O–H groups in total. The van der Waals surface area contributed by atoms with Crippen molar-refractivity contribution in [1.82, 2.24) is 29.5 Å². The third-order valence-electron chi connectivity index (χ3n) is 3.35. The molecule has 0 aliphatic carbocycles. The van der Waals surface area contributed by atoms with E-state index in [0.29, 0.717) is 16.9 Å². The van der Waals surface area contributed by atoms with Gasteiger partial charge in [-0.1, -0.05) is 5.16 Å². The van der Waals surface area contributed by atoms with Crippen LogP contribution in [0.5, 0.6) is 5.88 Å². The molecule has 0 amide bonds. The predicted octanol–water partition coefficient (Wildman–Crippen LogP) is 1.90. The predicted molar refractivity (Wildman–Crippen MR) is 81.8 cm³/mol. The van der Waals surface area contributed by atoms with Crippen LogP contribution in [0.15, 0.2) is 35.2 Å². The van der Waals surface area contributed by atoms with Crippen molar-refractivity contribution in [2.24, 2.45) is 7.05 Å². The average Bonchev–Trinajstić information content (AvgIpc) is 3.19. The zero-order chi connectivity index (χ0) is 16.0. The van der Waals surface area contributed by atoms with Gasteiger partial charge in [-0.15, -0.1) is 0 Å². The zero-order valence-electron chi connectivity index (χ0n) is 12.4. The minimum Gasteiger partial charge on any atom is -0.492 e. The van der Waals surface area contributed by atoms with Gasteiger partial charge in [0, 0.05) is 25.5 Å². The first-order valence-corrected chi connectivity index (χ1v) is 6.87. The topological polar surface area (TPSA) is 107 Å². The summed E-state index contributed by atoms with van der Waals surface area (Å²) in [7, 11) is 1.83. The SMILES string of the molecule is Cc1cc(Nc2nc(O)c3c(ccn3-c3cnn(C)c3)n2)on1. The summed E-state index contributed by atoms with van der Waals surface area (Å²) in [5, 5.41) is 21.1. The number of anilines is 2. The summed E-state index contributed by atoms with van der Waals surface area (Å²) in [6.45, 7) is 1.81. The molecule has 0 radical (unpaired) electrons. The van der Waals surface area contributed by atoms with Gasteiger partial charge in [0.2, 0.25) is 17.7 Å². The van der Waals surface area contributed by atoms with Crippen LogP contribution < -0.4 is 5.32 Å². The number of hydrogen-bond donors (Lipinski definition) is 2. The molecule has 0 bridgehead atoms. The summed E-state index contributed by atoms with van der Waals surface area (Å²) in [4.78, 5) is 8.44. The van der Waals surface area contributed by atoms with Crippen LogP contribution in [0, 0.1) is 6.92 Å². The largest absolute Gasteiger partial charge is 0.492 e. The van der Waals surface area contributed by atoms with E-state index in [1.54, 1.807) is 33.8 Å². The molecule has 0 aromatic carbocycles. The monoisotopic (exact) mass is 311 g/mol. The Kier molecular flexibility index (Phi) is 2.80. The van der Waals surface area contributed by atoms with Crippen LogP contribution in [-0.4, -0.2) is 34.6 Å². The van der Waals surface area contributed by atoms with Crippen molar-refractivity contribution in [3.63, 3.8) is 0 Å². The fraction of sp³-hybridized carbons (Fsp3) is 0.143. The summed E-state index contributed by atoms with van der Waals surface area (Å²) >= 11 is 0. The van der Waals surface area contributed by atoms with Crippen LogP contribution >= 0.6 is 0 Å². The number of aromatic hydroxyl groups is 1. The van der Waals surface area contributed by atoms with Gasteiger partial charge in [-0.3, -0.25) is 10.00 Å². The van der Waals surface area contributed by atoms with E-state index in [1.807, 2.05) is 20.2 Å². The first-order chi connectivity index (χ1) is 11.1. The fourth-order valence-corrected chi connectivity index (χ4v) is 2.36. The summed E-state index contributed by atoms with van der Waals surface area (Å²) in [6.07, 6.45) is 5.34. The highest BCUT2D eigenvalue weighted by Crippen LogP contribution is 2.27. The minimum absolute atomic E-state index is 0.136. The Balaban J connectivity index is 1.77. The average molecular weight is 311 g/mol. The number of aryl methyl sites for hydroxylation is 2. The molecule has 4 aromatic heterocycles. The van der Waals surface area contributed by atoms with Crippen LogP contribution in [0.4, 0.5) is 11.8 Å². The van der Waals surface area contributed by atoms with E-state index >= 15 is 0 Å². The van der Waals surface area contributed by atoms with Crippen molar-refractivity contribution >= 4 is 22.9 Å². The standard InChI is InChI=1S/C14H13N7O2/c1-8-5-11(23-19-8)17-14-16-10-3-4-21(12(10)13(22)18-14)9-6-15-20(2)7-9/h3-7H,1-2H3,(H2,16,17,18,22). The Morgan fingerprint density at radius 2 is 2.17 bits per heavy atom. The van der Waals surface area contributed by atoms with Crippen LogP contribution in [0.1, 0.15) is 5.69 Å². The van der Waals surface area contributed by atoms with Crippen molar-refractivity contribution in [2.45, 2.75) is 6.92 Å². The minimum atomic E-state index is -0.136. The smallest absolute Gasteiger partial charge is 0.241 e. The lowest BCUT2D eigenvalue weighted by atomic mass is 10.4. The maximum absolute atomic E-state index is 10.3. The van der Waals surface area contributed by atoms with Crippen molar-refractivity contribution in [2.75, 3.05) is 5.32 Å². The first-order valence-electron chi connectivity index (χ1n) is 6.87. The second kappa shape index (κ2) is 4.83. The highest BCUT2D eigenvalue weighted by Gasteiger charge is 2.14. The molecule has 0 aliphatic rings. The summed E-state index contributed by atoms with van der Waals surface area (Å²) in [5.41, 5.74) is 2.66. The second-order valence-electron chi connectivity index (χ2n) is 5.12. The lowest BCUT2D eigenvalue weighted by Crippen LogP contribution is -1.98. The van der Waals surface area contributed by atoms with Gasteiger partial charge in [0.25, 0.3) is 0 Å². The molecule has 9 nitrogen and oxygen atoms in total. The van der Waals surface area contributed by atoms with Crippen molar-refractivity contribution in [3.05, 3.63) is 36.4 Å². The van der Waals surface area contributed by atoms with Gasteiger partial charge in [0.1, 0.15) is 5.52 Å². The Morgan fingerprint density at radius 1 is 1.30 bits per heavy atom. The highest BCUT2D eigenvalue weighted by molar-refractivity contribution is 5.83. The van der Waals surface area contributed by atoms with Gasteiger partial charge in [-0.05, 0) is 13.0 Å². The van der Waals surface area contributed by atoms with Gasteiger partial charge < -0.3 is 14.2 Å². The molecule has 0 spiro atoms. The summed E-state index contributed by atoms with van der Waals surface area (Å²) in [6, 6.07) is 3.51. The van der Waals surface area contributed by atoms with Crippen LogP contribution in [0.2, 0.25) is 0 Å². The molecule has 23 heavy (non-hydrogen) atoms. The van der Waals surface area contributed by atoms with E-state index in [4.69, 9.17) is 4.52 Å². The Labute approximate surface area is 130 Å². The molecule has 0 aliphatic heterocycles. The Morgan fingerprint density at radius 3 is 2.87 bits per heavy atom. The van der Waals surface area contributed by atoms with E-state index in [2.05, 4.69) is 25.5 Å². The number of fused-ring (bicyclic) bond motifs is 1. The fourth-order valence-electron chi connectivity index (χ4n) is 2.36. The molecule has 4 aromatic rings. The Bertz CT molecular complexity index is 998. The molecule has 4 rings (SSSR count). The van der Waals surface area contributed by atoms with Crippen LogP contribution in [-0.2, 0) is 7.05 Å². The molecular formula is C14H13N7O2. The van der Waals surface area contributed by atoms with E-state index in [1.165, 1.54) is 0 Å². The molecule has 0 saturated carbocycles. The van der Waals surface area contributed by atoms with E-state index in [0.717, 1.165) is 11.4 Å². The van der Waals surface area contributed by atoms with Gasteiger partial charge in [0.05, 0.1) is 23.1 Å². The third-order valence-corrected chi connectivity index (χ3v) is 3.35. The van der Waals surface area contributed by atoms with Crippen LogP contribution in [0.25, 0.3) is 16.7 Å². The van der Waals surface area contributed by atoms with Gasteiger partial charge >= 0.3 is 0 Å². The summed E-state index contributed by atoms with van der Waals surface area (Å²) < 4.78 is 8.52. The first kappa shape index (κ1) is 13.3. The lowest BCUT2D eigenvalue weighted by molar-refractivity contribution is 0.429. The number of nitrogens with one attached hydrogen (secondary N) is 1. The molecule has 0 fully saturated rings. The molecule has 4 heterocycles. The number of nitrogens with zero attached hydrogens (tertiary/aromatic N) is 6. The number of aromatic nitrogens is 6. The number of hydrogen-bond acceptors (Lipinski definition) is 7. The molecule has 0 saturated heterocycles.